The van der Waals surface area contributed by atoms with Crippen molar-refractivity contribution in [3.63, 3.8) is 0 Å². The van der Waals surface area contributed by atoms with Crippen molar-refractivity contribution in [2.75, 3.05) is 6.54 Å². The van der Waals surface area contributed by atoms with Gasteiger partial charge in [0.25, 0.3) is 0 Å². The molecular formula is C15H16ClNO3. The molecule has 3 rings (SSSR count). The summed E-state index contributed by atoms with van der Waals surface area (Å²) >= 11 is 5.98. The first-order valence-electron chi connectivity index (χ1n) is 6.76. The van der Waals surface area contributed by atoms with Gasteiger partial charge in [0.05, 0.1) is 10.8 Å². The molecule has 2 aliphatic rings. The zero-order chi connectivity index (χ0) is 14.4. The summed E-state index contributed by atoms with van der Waals surface area (Å²) in [5.41, 5.74) is -0.304. The molecule has 0 heterocycles. The minimum absolute atomic E-state index is 0.0766. The first-order valence-corrected chi connectivity index (χ1v) is 7.14. The van der Waals surface area contributed by atoms with Gasteiger partial charge in [-0.05, 0) is 43.4 Å². The average Bonchev–Trinajstić information content (AvgIpc) is 3.29. The molecular weight excluding hydrogens is 278 g/mol. The summed E-state index contributed by atoms with van der Waals surface area (Å²) in [5, 5.41) is 12.6. The van der Waals surface area contributed by atoms with E-state index in [-0.39, 0.29) is 12.5 Å². The minimum Gasteiger partial charge on any atom is -0.481 e. The SMILES string of the molecule is O=C(O)C1(CNC(=O)C2(c3cccc(Cl)c3)CC2)CC1. The number of rotatable bonds is 5. The number of carboxylic acids is 1. The van der Waals surface area contributed by atoms with Crippen molar-refractivity contribution in [1.82, 2.24) is 5.32 Å². The van der Waals surface area contributed by atoms with Crippen LogP contribution in [0.5, 0.6) is 0 Å². The number of hydrogen-bond donors (Lipinski definition) is 2. The van der Waals surface area contributed by atoms with Crippen molar-refractivity contribution in [2.45, 2.75) is 31.1 Å². The van der Waals surface area contributed by atoms with Crippen molar-refractivity contribution < 1.29 is 14.7 Å². The fraction of sp³-hybridized carbons (Fsp3) is 0.467. The van der Waals surface area contributed by atoms with Gasteiger partial charge in [-0.3, -0.25) is 9.59 Å². The van der Waals surface area contributed by atoms with E-state index in [1.165, 1.54) is 0 Å². The van der Waals surface area contributed by atoms with Crippen LogP contribution in [-0.2, 0) is 15.0 Å². The van der Waals surface area contributed by atoms with Crippen LogP contribution in [0, 0.1) is 5.41 Å². The molecule has 0 saturated heterocycles. The standard InChI is InChI=1S/C15H16ClNO3/c16-11-3-1-2-10(8-11)15(6-7-15)12(18)17-9-14(4-5-14)13(19)20/h1-3,8H,4-7,9H2,(H,17,18)(H,19,20). The summed E-state index contributed by atoms with van der Waals surface area (Å²) in [6.45, 7) is 0.226. The number of halogens is 1. The Labute approximate surface area is 122 Å². The van der Waals surface area contributed by atoms with Crippen LogP contribution in [0.4, 0.5) is 0 Å². The zero-order valence-electron chi connectivity index (χ0n) is 11.0. The number of amides is 1. The maximum atomic E-state index is 12.4. The largest absolute Gasteiger partial charge is 0.481 e. The van der Waals surface area contributed by atoms with E-state index < -0.39 is 16.8 Å². The van der Waals surface area contributed by atoms with Crippen LogP contribution in [0.25, 0.3) is 0 Å². The summed E-state index contributed by atoms with van der Waals surface area (Å²) in [7, 11) is 0. The first kappa shape index (κ1) is 13.4. The van der Waals surface area contributed by atoms with Gasteiger partial charge in [-0.15, -0.1) is 0 Å². The number of carbonyl (C=O) groups excluding carboxylic acids is 1. The van der Waals surface area contributed by atoms with Gasteiger partial charge in [-0.2, -0.15) is 0 Å². The van der Waals surface area contributed by atoms with E-state index in [0.29, 0.717) is 17.9 Å². The van der Waals surface area contributed by atoms with Crippen LogP contribution in [0.1, 0.15) is 31.2 Å². The third-order valence-corrected chi connectivity index (χ3v) is 4.69. The minimum atomic E-state index is -0.814. The molecule has 20 heavy (non-hydrogen) atoms. The van der Waals surface area contributed by atoms with Crippen molar-refractivity contribution in [3.8, 4) is 0 Å². The molecule has 106 valence electrons. The Balaban J connectivity index is 1.70. The average molecular weight is 294 g/mol. The molecule has 0 spiro atoms. The van der Waals surface area contributed by atoms with E-state index in [0.717, 1.165) is 18.4 Å². The van der Waals surface area contributed by atoms with Crippen molar-refractivity contribution in [2.24, 2.45) is 5.41 Å². The quantitative estimate of drug-likeness (QED) is 0.876. The van der Waals surface area contributed by atoms with Gasteiger partial charge in [0, 0.05) is 11.6 Å². The molecule has 2 aliphatic carbocycles. The lowest BCUT2D eigenvalue weighted by Crippen LogP contribution is -2.40. The van der Waals surface area contributed by atoms with Gasteiger partial charge >= 0.3 is 5.97 Å². The molecule has 0 aromatic heterocycles. The van der Waals surface area contributed by atoms with Crippen molar-refractivity contribution >= 4 is 23.5 Å². The van der Waals surface area contributed by atoms with Gasteiger partial charge in [0.1, 0.15) is 0 Å². The third-order valence-electron chi connectivity index (χ3n) is 4.46. The van der Waals surface area contributed by atoms with Gasteiger partial charge in [-0.1, -0.05) is 23.7 Å². The smallest absolute Gasteiger partial charge is 0.311 e. The summed E-state index contributed by atoms with van der Waals surface area (Å²) in [6.07, 6.45) is 2.87. The highest BCUT2D eigenvalue weighted by Crippen LogP contribution is 2.50. The van der Waals surface area contributed by atoms with E-state index in [4.69, 9.17) is 16.7 Å². The summed E-state index contributed by atoms with van der Waals surface area (Å²) in [4.78, 5) is 23.5. The molecule has 2 fully saturated rings. The second-order valence-corrected chi connectivity index (χ2v) is 6.30. The van der Waals surface area contributed by atoms with Crippen molar-refractivity contribution in [1.29, 1.82) is 0 Å². The lowest BCUT2D eigenvalue weighted by atomic mass is 9.94. The fourth-order valence-corrected chi connectivity index (χ4v) is 2.78. The van der Waals surface area contributed by atoms with E-state index in [1.807, 2.05) is 18.2 Å². The van der Waals surface area contributed by atoms with E-state index >= 15 is 0 Å². The number of aliphatic carboxylic acids is 1. The number of carbonyl (C=O) groups is 2. The summed E-state index contributed by atoms with van der Waals surface area (Å²) < 4.78 is 0. The molecule has 2 saturated carbocycles. The van der Waals surface area contributed by atoms with Crippen LogP contribution in [0.2, 0.25) is 5.02 Å². The number of benzene rings is 1. The van der Waals surface area contributed by atoms with Gasteiger partial charge in [0.2, 0.25) is 5.91 Å². The lowest BCUT2D eigenvalue weighted by molar-refractivity contribution is -0.143. The fourth-order valence-electron chi connectivity index (χ4n) is 2.59. The molecule has 5 heteroatoms. The summed E-state index contributed by atoms with van der Waals surface area (Å²) in [5.74, 6) is -0.891. The molecule has 0 aliphatic heterocycles. The predicted octanol–water partition coefficient (Wildman–Crippen LogP) is 2.35. The molecule has 0 bridgehead atoms. The summed E-state index contributed by atoms with van der Waals surface area (Å²) in [6, 6.07) is 7.34. The number of hydrogen-bond acceptors (Lipinski definition) is 2. The Hall–Kier alpha value is -1.55. The highest BCUT2D eigenvalue weighted by atomic mass is 35.5. The Kier molecular flexibility index (Phi) is 3.01. The topological polar surface area (TPSA) is 66.4 Å². The highest BCUT2D eigenvalue weighted by molar-refractivity contribution is 6.30. The number of carboxylic acid groups (broad SMARTS) is 1. The second-order valence-electron chi connectivity index (χ2n) is 5.86. The molecule has 0 unspecified atom stereocenters. The van der Waals surface area contributed by atoms with Crippen molar-refractivity contribution in [3.05, 3.63) is 34.9 Å². The molecule has 0 radical (unpaired) electrons. The monoisotopic (exact) mass is 293 g/mol. The Morgan fingerprint density at radius 1 is 1.25 bits per heavy atom. The van der Waals surface area contributed by atoms with Gasteiger partial charge < -0.3 is 10.4 Å². The molecule has 0 atom stereocenters. The maximum absolute atomic E-state index is 12.4. The van der Waals surface area contributed by atoms with Crippen LogP contribution >= 0.6 is 11.6 Å². The molecule has 1 amide bonds. The Morgan fingerprint density at radius 2 is 1.95 bits per heavy atom. The Morgan fingerprint density at radius 3 is 2.45 bits per heavy atom. The first-order chi connectivity index (χ1) is 9.48. The maximum Gasteiger partial charge on any atom is 0.311 e. The molecule has 2 N–H and O–H groups in total. The molecule has 1 aromatic carbocycles. The van der Waals surface area contributed by atoms with Crippen LogP contribution in [0.15, 0.2) is 24.3 Å². The Bertz CT molecular complexity index is 576. The van der Waals surface area contributed by atoms with Gasteiger partial charge in [0.15, 0.2) is 0 Å². The van der Waals surface area contributed by atoms with E-state index in [2.05, 4.69) is 5.32 Å². The predicted molar refractivity (Wildman–Crippen MR) is 74.7 cm³/mol. The van der Waals surface area contributed by atoms with Crippen LogP contribution in [-0.4, -0.2) is 23.5 Å². The lowest BCUT2D eigenvalue weighted by Gasteiger charge is -2.18. The van der Waals surface area contributed by atoms with Crippen LogP contribution in [0.3, 0.4) is 0 Å². The van der Waals surface area contributed by atoms with Crippen LogP contribution < -0.4 is 5.32 Å². The zero-order valence-corrected chi connectivity index (χ0v) is 11.7. The van der Waals surface area contributed by atoms with E-state index in [9.17, 15) is 9.59 Å². The second kappa shape index (κ2) is 4.48. The third kappa shape index (κ3) is 2.18. The van der Waals surface area contributed by atoms with E-state index in [1.54, 1.807) is 6.07 Å². The number of nitrogens with one attached hydrogen (secondary N) is 1. The molecule has 4 nitrogen and oxygen atoms in total. The highest BCUT2D eigenvalue weighted by Gasteiger charge is 2.54. The normalized spacial score (nSPS) is 21.1. The van der Waals surface area contributed by atoms with Gasteiger partial charge in [-0.25, -0.2) is 0 Å². The molecule has 1 aromatic rings.